The van der Waals surface area contributed by atoms with Crippen LogP contribution in [-0.4, -0.2) is 9.61 Å². The van der Waals surface area contributed by atoms with Crippen LogP contribution in [0.2, 0.25) is 0 Å². The maximum Gasteiger partial charge on any atom is 0.102 e. The molecule has 10 aromatic rings. The summed E-state index contributed by atoms with van der Waals surface area (Å²) in [5.74, 6) is 0. The van der Waals surface area contributed by atoms with E-state index in [4.69, 9.17) is 5.10 Å². The van der Waals surface area contributed by atoms with Crippen LogP contribution in [0.15, 0.2) is 157 Å². The number of rotatable bonds is 3. The Morgan fingerprint density at radius 2 is 1.02 bits per heavy atom. The summed E-state index contributed by atoms with van der Waals surface area (Å²) in [6.07, 6.45) is 0. The predicted molar refractivity (Wildman–Crippen MR) is 197 cm³/mol. The fourth-order valence-corrected chi connectivity index (χ4v) is 8.16. The maximum atomic E-state index is 5.59. The predicted octanol–water partition coefficient (Wildman–Crippen LogP) is 12.2. The first kappa shape index (κ1) is 25.5. The molecule has 46 heavy (non-hydrogen) atoms. The average Bonchev–Trinajstić information content (AvgIpc) is 3.80. The van der Waals surface area contributed by atoms with Crippen LogP contribution in [0.1, 0.15) is 0 Å². The smallest absolute Gasteiger partial charge is 0.102 e. The molecular weight excluding hydrogens is 577 g/mol. The van der Waals surface area contributed by atoms with Crippen molar-refractivity contribution in [2.45, 2.75) is 0 Å². The fraction of sp³-hybridized carbons (Fsp3) is 0. The van der Waals surface area contributed by atoms with Gasteiger partial charge in [-0.05, 0) is 71.6 Å². The molecule has 0 amide bonds. The minimum atomic E-state index is 0.996. The van der Waals surface area contributed by atoms with E-state index in [1.165, 1.54) is 64.3 Å². The Bertz CT molecular complexity index is 2800. The van der Waals surface area contributed by atoms with Crippen LogP contribution < -0.4 is 0 Å². The van der Waals surface area contributed by atoms with Gasteiger partial charge in [0.2, 0.25) is 0 Å². The molecule has 0 aliphatic carbocycles. The van der Waals surface area contributed by atoms with Gasteiger partial charge in [0.25, 0.3) is 0 Å². The van der Waals surface area contributed by atoms with Crippen LogP contribution >= 0.6 is 11.3 Å². The summed E-state index contributed by atoms with van der Waals surface area (Å²) in [5.41, 5.74) is 6.73. The van der Waals surface area contributed by atoms with Gasteiger partial charge in [0, 0.05) is 16.5 Å². The molecule has 0 atom stereocenters. The molecule has 7 aromatic carbocycles. The highest BCUT2D eigenvalue weighted by atomic mass is 32.1. The van der Waals surface area contributed by atoms with Gasteiger partial charge in [-0.1, -0.05) is 140 Å². The van der Waals surface area contributed by atoms with E-state index in [2.05, 4.69) is 162 Å². The number of hydrogen-bond acceptors (Lipinski definition) is 2. The Balaban J connectivity index is 1.42. The highest BCUT2D eigenvalue weighted by molar-refractivity contribution is 7.13. The van der Waals surface area contributed by atoms with Crippen LogP contribution in [0.25, 0.3) is 92.3 Å². The van der Waals surface area contributed by atoms with Crippen LogP contribution in [-0.2, 0) is 0 Å². The molecule has 3 heteroatoms. The lowest BCUT2D eigenvalue weighted by atomic mass is 9.90. The number of thiophene rings is 1. The highest BCUT2D eigenvalue weighted by Gasteiger charge is 2.24. The molecule has 0 aliphatic rings. The van der Waals surface area contributed by atoms with Gasteiger partial charge in [0.05, 0.1) is 16.1 Å². The lowest BCUT2D eigenvalue weighted by Crippen LogP contribution is -1.94. The van der Waals surface area contributed by atoms with Gasteiger partial charge in [0.15, 0.2) is 0 Å². The molecule has 10 rings (SSSR count). The molecule has 0 saturated heterocycles. The lowest BCUT2D eigenvalue weighted by Gasteiger charge is -2.13. The monoisotopic (exact) mass is 602 g/mol. The molecule has 0 N–H and O–H groups in total. The zero-order valence-corrected chi connectivity index (χ0v) is 25.6. The second-order valence-electron chi connectivity index (χ2n) is 12.0. The summed E-state index contributed by atoms with van der Waals surface area (Å²) in [6, 6.07) is 55.2. The van der Waals surface area contributed by atoms with Gasteiger partial charge in [-0.25, -0.2) is 4.52 Å². The molecule has 214 valence electrons. The second-order valence-corrected chi connectivity index (χ2v) is 12.9. The van der Waals surface area contributed by atoms with E-state index in [-0.39, 0.29) is 0 Å². The van der Waals surface area contributed by atoms with Crippen molar-refractivity contribution in [2.75, 3.05) is 0 Å². The largest absolute Gasteiger partial charge is 0.230 e. The van der Waals surface area contributed by atoms with Gasteiger partial charge in [-0.2, -0.15) is 5.10 Å². The zero-order chi connectivity index (χ0) is 30.2. The number of pyridine rings is 1. The van der Waals surface area contributed by atoms with Crippen molar-refractivity contribution in [3.8, 4) is 33.0 Å². The zero-order valence-electron chi connectivity index (χ0n) is 24.8. The molecule has 0 spiro atoms. The highest BCUT2D eigenvalue weighted by Crippen LogP contribution is 2.46. The lowest BCUT2D eigenvalue weighted by molar-refractivity contribution is 0.983. The van der Waals surface area contributed by atoms with Gasteiger partial charge in [-0.3, -0.25) is 0 Å². The summed E-state index contributed by atoms with van der Waals surface area (Å²) in [6.45, 7) is 0. The molecule has 0 bridgehead atoms. The molecule has 0 radical (unpaired) electrons. The third kappa shape index (κ3) is 3.67. The van der Waals surface area contributed by atoms with Crippen molar-refractivity contribution in [2.24, 2.45) is 0 Å². The van der Waals surface area contributed by atoms with Crippen molar-refractivity contribution in [1.82, 2.24) is 9.61 Å². The second kappa shape index (κ2) is 9.87. The third-order valence-corrected chi connectivity index (χ3v) is 10.4. The summed E-state index contributed by atoms with van der Waals surface area (Å²) in [7, 11) is 0. The van der Waals surface area contributed by atoms with Gasteiger partial charge < -0.3 is 0 Å². The minimum absolute atomic E-state index is 0.996. The number of aromatic nitrogens is 2. The fourth-order valence-electron chi connectivity index (χ4n) is 7.44. The van der Waals surface area contributed by atoms with Gasteiger partial charge in [-0.15, -0.1) is 11.3 Å². The summed E-state index contributed by atoms with van der Waals surface area (Å²) >= 11 is 1.75. The van der Waals surface area contributed by atoms with Crippen molar-refractivity contribution in [3.63, 3.8) is 0 Å². The Morgan fingerprint density at radius 3 is 1.70 bits per heavy atom. The van der Waals surface area contributed by atoms with Gasteiger partial charge >= 0.3 is 0 Å². The normalized spacial score (nSPS) is 11.9. The summed E-state index contributed by atoms with van der Waals surface area (Å²) in [5, 5.41) is 20.1. The van der Waals surface area contributed by atoms with Crippen molar-refractivity contribution >= 4 is 70.7 Å². The van der Waals surface area contributed by atoms with E-state index in [0.29, 0.717) is 0 Å². The molecule has 0 fully saturated rings. The molecule has 2 nitrogen and oxygen atoms in total. The quantitative estimate of drug-likeness (QED) is 0.184. The van der Waals surface area contributed by atoms with Gasteiger partial charge in [0.1, 0.15) is 5.69 Å². The number of nitrogens with zero attached hydrogens (tertiary/aromatic N) is 2. The SMILES string of the molecule is c1csc(-c2cc3ccccc3c3c(-c4cccc5c4ccc4ccccc45)c(-c4cccc5c4ccc4ccccc45)nn23)c1. The molecule has 3 heterocycles. The van der Waals surface area contributed by atoms with E-state index in [0.717, 1.165) is 28.0 Å². The third-order valence-electron chi connectivity index (χ3n) is 9.49. The Hall–Kier alpha value is -5.77. The first-order valence-corrected chi connectivity index (χ1v) is 16.5. The number of fused-ring (bicyclic) bond motifs is 9. The Morgan fingerprint density at radius 1 is 0.435 bits per heavy atom. The minimum Gasteiger partial charge on any atom is -0.230 e. The van der Waals surface area contributed by atoms with E-state index in [9.17, 15) is 0 Å². The molecular formula is C43H26N2S. The first-order valence-electron chi connectivity index (χ1n) is 15.6. The van der Waals surface area contributed by atoms with E-state index in [1.807, 2.05) is 0 Å². The topological polar surface area (TPSA) is 17.3 Å². The van der Waals surface area contributed by atoms with Crippen LogP contribution in [0, 0.1) is 0 Å². The first-order chi connectivity index (χ1) is 22.8. The Labute approximate surface area is 269 Å². The number of benzene rings is 7. The molecule has 3 aromatic heterocycles. The van der Waals surface area contributed by atoms with E-state index >= 15 is 0 Å². The maximum absolute atomic E-state index is 5.59. The number of hydrogen-bond donors (Lipinski definition) is 0. The standard InChI is InChI=1S/C43H26N2S/c1-4-13-30-27(10-1)21-23-35-33(30)16-7-18-37(35)41-42(38-19-8-17-34-31-14-5-2-11-28(31)22-24-36(34)38)44-45-39(40-20-9-25-46-40)26-29-12-3-6-15-32(29)43(41)45/h1-26H. The van der Waals surface area contributed by atoms with E-state index < -0.39 is 0 Å². The molecule has 0 saturated carbocycles. The average molecular weight is 603 g/mol. The van der Waals surface area contributed by atoms with Crippen molar-refractivity contribution in [1.29, 1.82) is 0 Å². The van der Waals surface area contributed by atoms with Crippen LogP contribution in [0.3, 0.4) is 0 Å². The van der Waals surface area contributed by atoms with Crippen LogP contribution in [0.4, 0.5) is 0 Å². The van der Waals surface area contributed by atoms with Crippen molar-refractivity contribution < 1.29 is 0 Å². The molecule has 0 aliphatic heterocycles. The Kier molecular flexibility index (Phi) is 5.48. The van der Waals surface area contributed by atoms with Crippen molar-refractivity contribution in [3.05, 3.63) is 157 Å². The van der Waals surface area contributed by atoms with E-state index in [1.54, 1.807) is 11.3 Å². The summed E-state index contributed by atoms with van der Waals surface area (Å²) in [4.78, 5) is 1.20. The van der Waals surface area contributed by atoms with Crippen LogP contribution in [0.5, 0.6) is 0 Å². The summed E-state index contributed by atoms with van der Waals surface area (Å²) < 4.78 is 2.21. The molecule has 0 unspecified atom stereocenters.